The van der Waals surface area contributed by atoms with Crippen LogP contribution < -0.4 is 5.73 Å². The Morgan fingerprint density at radius 1 is 1.12 bits per heavy atom. The summed E-state index contributed by atoms with van der Waals surface area (Å²) < 4.78 is 0. The number of rotatable bonds is 2. The van der Waals surface area contributed by atoms with E-state index in [1.165, 1.54) is 0 Å². The molecule has 0 saturated heterocycles. The van der Waals surface area contributed by atoms with Crippen molar-refractivity contribution in [2.24, 2.45) is 0 Å². The Kier molecular flexibility index (Phi) is 3.08. The molecule has 1 heterocycles. The van der Waals surface area contributed by atoms with E-state index in [2.05, 4.69) is 4.98 Å². The molecule has 1 aromatic heterocycles. The summed E-state index contributed by atoms with van der Waals surface area (Å²) in [6.07, 6.45) is 0. The maximum atomic E-state index is 9.24. The van der Waals surface area contributed by atoms with Crippen LogP contribution in [0.2, 0.25) is 5.15 Å². The molecule has 0 saturated carbocycles. The minimum absolute atomic E-state index is 0.0295. The Labute approximate surface area is 98.5 Å². The highest BCUT2D eigenvalue weighted by Gasteiger charge is 2.08. The lowest BCUT2D eigenvalue weighted by molar-refractivity contribution is 0.282. The summed E-state index contributed by atoms with van der Waals surface area (Å²) in [6, 6.07) is 11.0. The fourth-order valence-electron chi connectivity index (χ4n) is 1.60. The van der Waals surface area contributed by atoms with E-state index in [9.17, 15) is 5.11 Å². The van der Waals surface area contributed by atoms with Gasteiger partial charge in [0.15, 0.2) is 0 Å². The maximum absolute atomic E-state index is 9.24. The van der Waals surface area contributed by atoms with Crippen LogP contribution in [0.3, 0.4) is 0 Å². The molecule has 0 fully saturated rings. The van der Waals surface area contributed by atoms with Gasteiger partial charge < -0.3 is 10.8 Å². The molecular weight excluding hydrogens is 224 g/mol. The van der Waals surface area contributed by atoms with Gasteiger partial charge in [-0.15, -0.1) is 0 Å². The minimum atomic E-state index is -0.0295. The topological polar surface area (TPSA) is 59.1 Å². The van der Waals surface area contributed by atoms with Crippen LogP contribution in [0.5, 0.6) is 0 Å². The van der Waals surface area contributed by atoms with Crippen LogP contribution in [0.4, 0.5) is 5.82 Å². The van der Waals surface area contributed by atoms with Crippen LogP contribution in [-0.4, -0.2) is 10.1 Å². The molecule has 1 aromatic carbocycles. The number of nitrogens with zero attached hydrogens (tertiary/aromatic N) is 1. The van der Waals surface area contributed by atoms with Crippen molar-refractivity contribution in [1.82, 2.24) is 4.98 Å². The number of anilines is 1. The molecule has 0 atom stereocenters. The summed E-state index contributed by atoms with van der Waals surface area (Å²) in [7, 11) is 0. The summed E-state index contributed by atoms with van der Waals surface area (Å²) in [5, 5.41) is 9.60. The fourth-order valence-corrected chi connectivity index (χ4v) is 1.75. The summed E-state index contributed by atoms with van der Waals surface area (Å²) in [4.78, 5) is 3.99. The van der Waals surface area contributed by atoms with Gasteiger partial charge in [0.2, 0.25) is 0 Å². The Balaban J connectivity index is 2.58. The Hall–Kier alpha value is -1.58. The summed E-state index contributed by atoms with van der Waals surface area (Å²) in [5.74, 6) is 0.369. The van der Waals surface area contributed by atoms with Crippen molar-refractivity contribution in [1.29, 1.82) is 0 Å². The molecule has 3 N–H and O–H groups in total. The molecule has 0 bridgehead atoms. The average molecular weight is 235 g/mol. The highest BCUT2D eigenvalue weighted by atomic mass is 35.5. The lowest BCUT2D eigenvalue weighted by Gasteiger charge is -2.09. The number of nitrogens with two attached hydrogens (primary N) is 1. The maximum Gasteiger partial charge on any atom is 0.133 e. The molecule has 0 aliphatic heterocycles. The molecule has 0 radical (unpaired) electrons. The van der Waals surface area contributed by atoms with Gasteiger partial charge in [0.1, 0.15) is 11.0 Å². The van der Waals surface area contributed by atoms with E-state index in [0.29, 0.717) is 11.0 Å². The standard InChI is InChI=1S/C12H11ClN2O/c13-11-6-5-10(12(14)15-11)9-4-2-1-3-8(9)7-16/h1-6,16H,7H2,(H2,14,15). The van der Waals surface area contributed by atoms with Crippen LogP contribution in [0.25, 0.3) is 11.1 Å². The number of aliphatic hydroxyl groups excluding tert-OH is 1. The third-order valence-corrected chi connectivity index (χ3v) is 2.58. The van der Waals surface area contributed by atoms with E-state index in [0.717, 1.165) is 16.7 Å². The van der Waals surface area contributed by atoms with Crippen molar-refractivity contribution in [3.05, 3.63) is 47.1 Å². The van der Waals surface area contributed by atoms with E-state index < -0.39 is 0 Å². The molecular formula is C12H11ClN2O. The van der Waals surface area contributed by atoms with Crippen LogP contribution in [-0.2, 0) is 6.61 Å². The predicted molar refractivity (Wildman–Crippen MR) is 65.0 cm³/mol. The summed E-state index contributed by atoms with van der Waals surface area (Å²) in [6.45, 7) is -0.0295. The largest absolute Gasteiger partial charge is 0.392 e. The third-order valence-electron chi connectivity index (χ3n) is 2.37. The second kappa shape index (κ2) is 4.51. The van der Waals surface area contributed by atoms with Crippen LogP contribution in [0, 0.1) is 0 Å². The van der Waals surface area contributed by atoms with Gasteiger partial charge >= 0.3 is 0 Å². The first-order valence-electron chi connectivity index (χ1n) is 4.83. The lowest BCUT2D eigenvalue weighted by atomic mass is 10.0. The average Bonchev–Trinajstić information content (AvgIpc) is 2.29. The SMILES string of the molecule is Nc1nc(Cl)ccc1-c1ccccc1CO. The van der Waals surface area contributed by atoms with Crippen molar-refractivity contribution in [2.75, 3.05) is 5.73 Å². The zero-order valence-corrected chi connectivity index (χ0v) is 9.28. The third kappa shape index (κ3) is 2.01. The van der Waals surface area contributed by atoms with Gasteiger partial charge in [-0.3, -0.25) is 0 Å². The first kappa shape index (κ1) is 10.9. The highest BCUT2D eigenvalue weighted by Crippen LogP contribution is 2.28. The van der Waals surface area contributed by atoms with Crippen molar-refractivity contribution in [2.45, 2.75) is 6.61 Å². The molecule has 0 aliphatic carbocycles. The molecule has 0 amide bonds. The molecule has 4 heteroatoms. The van der Waals surface area contributed by atoms with Gasteiger partial charge in [-0.25, -0.2) is 4.98 Å². The first-order valence-corrected chi connectivity index (χ1v) is 5.21. The lowest BCUT2D eigenvalue weighted by Crippen LogP contribution is -1.96. The quantitative estimate of drug-likeness (QED) is 0.785. The molecule has 82 valence electrons. The molecule has 0 aliphatic rings. The van der Waals surface area contributed by atoms with E-state index in [-0.39, 0.29) is 6.61 Å². The second-order valence-corrected chi connectivity index (χ2v) is 3.77. The number of aliphatic hydroxyl groups is 1. The van der Waals surface area contributed by atoms with E-state index in [1.54, 1.807) is 12.1 Å². The first-order chi connectivity index (χ1) is 7.72. The van der Waals surface area contributed by atoms with Gasteiger partial charge in [-0.1, -0.05) is 35.9 Å². The van der Waals surface area contributed by atoms with Gasteiger partial charge in [0.05, 0.1) is 6.61 Å². The molecule has 0 spiro atoms. The normalized spacial score (nSPS) is 10.4. The fraction of sp³-hybridized carbons (Fsp3) is 0.0833. The van der Waals surface area contributed by atoms with Gasteiger partial charge in [0.25, 0.3) is 0 Å². The zero-order chi connectivity index (χ0) is 11.5. The predicted octanol–water partition coefficient (Wildman–Crippen LogP) is 2.48. The van der Waals surface area contributed by atoms with E-state index in [1.807, 2.05) is 24.3 Å². The Morgan fingerprint density at radius 2 is 1.88 bits per heavy atom. The van der Waals surface area contributed by atoms with Gasteiger partial charge in [-0.2, -0.15) is 0 Å². The Morgan fingerprint density at radius 3 is 2.56 bits per heavy atom. The van der Waals surface area contributed by atoms with Crippen LogP contribution in [0.15, 0.2) is 36.4 Å². The van der Waals surface area contributed by atoms with Gasteiger partial charge in [-0.05, 0) is 23.3 Å². The van der Waals surface area contributed by atoms with Crippen molar-refractivity contribution >= 4 is 17.4 Å². The zero-order valence-electron chi connectivity index (χ0n) is 8.52. The Bertz CT molecular complexity index is 514. The monoisotopic (exact) mass is 234 g/mol. The number of pyridine rings is 1. The van der Waals surface area contributed by atoms with Gasteiger partial charge in [0, 0.05) is 5.56 Å². The van der Waals surface area contributed by atoms with Crippen LogP contribution >= 0.6 is 11.6 Å². The number of benzene rings is 1. The van der Waals surface area contributed by atoms with Crippen molar-refractivity contribution in [3.8, 4) is 11.1 Å². The van der Waals surface area contributed by atoms with Crippen LogP contribution in [0.1, 0.15) is 5.56 Å². The van der Waals surface area contributed by atoms with Crippen molar-refractivity contribution < 1.29 is 5.11 Å². The number of hydrogen-bond acceptors (Lipinski definition) is 3. The number of nitrogen functional groups attached to an aromatic ring is 1. The molecule has 2 rings (SSSR count). The van der Waals surface area contributed by atoms with E-state index >= 15 is 0 Å². The molecule has 2 aromatic rings. The smallest absolute Gasteiger partial charge is 0.133 e. The number of halogens is 1. The summed E-state index contributed by atoms with van der Waals surface area (Å²) >= 11 is 5.74. The van der Waals surface area contributed by atoms with Crippen molar-refractivity contribution in [3.63, 3.8) is 0 Å². The highest BCUT2D eigenvalue weighted by molar-refractivity contribution is 6.29. The van der Waals surface area contributed by atoms with E-state index in [4.69, 9.17) is 17.3 Å². The second-order valence-electron chi connectivity index (χ2n) is 3.38. The molecule has 16 heavy (non-hydrogen) atoms. The molecule has 0 unspecified atom stereocenters. The number of hydrogen-bond donors (Lipinski definition) is 2. The number of aromatic nitrogens is 1. The summed E-state index contributed by atoms with van der Waals surface area (Å²) in [5.41, 5.74) is 8.29. The molecule has 3 nitrogen and oxygen atoms in total. The minimum Gasteiger partial charge on any atom is -0.392 e.